The van der Waals surface area contributed by atoms with Gasteiger partial charge in [-0.3, -0.25) is 0 Å². The molecule has 1 aromatic heterocycles. The Kier molecular flexibility index (Phi) is 6.08. The van der Waals surface area contributed by atoms with E-state index < -0.39 is 8.32 Å². The SMILES string of the molecule is CC(C)[Si](OC(Cl)=Cc1nccs1)(C(C)C)C(C)C. The van der Waals surface area contributed by atoms with E-state index in [1.165, 1.54) is 0 Å². The Bertz CT molecular complexity index is 393. The largest absolute Gasteiger partial charge is 0.535 e. The Hall–Kier alpha value is -0.323. The molecule has 0 amide bonds. The standard InChI is InChI=1S/C14H24ClNOSSi/c1-10(2)19(11(3)4,12(5)6)17-13(15)9-14-16-7-8-18-14/h7-12H,1-6H3. The third-order valence-electron chi connectivity index (χ3n) is 3.67. The molecule has 0 unspecified atom stereocenters. The quantitative estimate of drug-likeness (QED) is 0.483. The van der Waals surface area contributed by atoms with Crippen molar-refractivity contribution in [1.29, 1.82) is 0 Å². The fraction of sp³-hybridized carbons (Fsp3) is 0.643. The van der Waals surface area contributed by atoms with Crippen LogP contribution in [0.15, 0.2) is 16.8 Å². The fourth-order valence-corrected chi connectivity index (χ4v) is 9.19. The molecule has 0 fully saturated rings. The van der Waals surface area contributed by atoms with E-state index in [-0.39, 0.29) is 0 Å². The van der Waals surface area contributed by atoms with E-state index in [1.807, 2.05) is 11.5 Å². The summed E-state index contributed by atoms with van der Waals surface area (Å²) in [6.07, 6.45) is 3.61. The normalized spacial score (nSPS) is 13.7. The van der Waals surface area contributed by atoms with Crippen molar-refractivity contribution in [2.75, 3.05) is 0 Å². The molecule has 0 bridgehead atoms. The molecule has 5 heteroatoms. The molecule has 0 N–H and O–H groups in total. The Morgan fingerprint density at radius 1 is 1.21 bits per heavy atom. The van der Waals surface area contributed by atoms with Gasteiger partial charge < -0.3 is 4.43 Å². The van der Waals surface area contributed by atoms with E-state index in [0.29, 0.717) is 21.8 Å². The zero-order chi connectivity index (χ0) is 14.6. The van der Waals surface area contributed by atoms with Crippen LogP contribution in [0.5, 0.6) is 0 Å². The van der Waals surface area contributed by atoms with Crippen molar-refractivity contribution >= 4 is 37.3 Å². The topological polar surface area (TPSA) is 22.1 Å². The Morgan fingerprint density at radius 3 is 2.11 bits per heavy atom. The van der Waals surface area contributed by atoms with Gasteiger partial charge >= 0.3 is 0 Å². The maximum atomic E-state index is 6.33. The molecule has 0 atom stereocenters. The Labute approximate surface area is 127 Å². The van der Waals surface area contributed by atoms with Crippen LogP contribution in [0.1, 0.15) is 46.6 Å². The summed E-state index contributed by atoms with van der Waals surface area (Å²) in [6.45, 7) is 13.5. The molecule has 0 aliphatic rings. The number of hydrogen-bond acceptors (Lipinski definition) is 3. The number of hydrogen-bond donors (Lipinski definition) is 0. The first-order chi connectivity index (χ1) is 8.80. The van der Waals surface area contributed by atoms with Gasteiger partial charge in [-0.15, -0.1) is 11.3 Å². The number of aromatic nitrogens is 1. The number of halogens is 1. The van der Waals surface area contributed by atoms with E-state index >= 15 is 0 Å². The Balaban J connectivity index is 3.01. The lowest BCUT2D eigenvalue weighted by Crippen LogP contribution is -2.47. The molecule has 0 aromatic carbocycles. The minimum Gasteiger partial charge on any atom is -0.535 e. The van der Waals surface area contributed by atoms with Gasteiger partial charge in [0.25, 0.3) is 8.32 Å². The van der Waals surface area contributed by atoms with E-state index in [4.69, 9.17) is 16.0 Å². The summed E-state index contributed by atoms with van der Waals surface area (Å²) in [5.41, 5.74) is 1.56. The minimum atomic E-state index is -1.95. The van der Waals surface area contributed by atoms with Gasteiger partial charge in [-0.2, -0.15) is 0 Å². The first-order valence-corrected chi connectivity index (χ1v) is 10.2. The zero-order valence-electron chi connectivity index (χ0n) is 12.6. The van der Waals surface area contributed by atoms with E-state index in [9.17, 15) is 0 Å². The highest BCUT2D eigenvalue weighted by Gasteiger charge is 2.47. The van der Waals surface area contributed by atoms with E-state index in [0.717, 1.165) is 5.01 Å². The van der Waals surface area contributed by atoms with Crippen LogP contribution in [0.4, 0.5) is 0 Å². The van der Waals surface area contributed by atoms with Gasteiger partial charge in [-0.25, -0.2) is 4.98 Å². The van der Waals surface area contributed by atoms with Crippen molar-refractivity contribution in [3.05, 3.63) is 21.8 Å². The average molecular weight is 318 g/mol. The zero-order valence-corrected chi connectivity index (χ0v) is 15.2. The smallest absolute Gasteiger partial charge is 0.259 e. The third kappa shape index (κ3) is 3.83. The summed E-state index contributed by atoms with van der Waals surface area (Å²) in [4.78, 5) is 4.21. The highest BCUT2D eigenvalue weighted by Crippen LogP contribution is 2.44. The van der Waals surface area contributed by atoms with Crippen LogP contribution in [0, 0.1) is 0 Å². The van der Waals surface area contributed by atoms with Crippen LogP contribution in [-0.4, -0.2) is 13.3 Å². The predicted molar refractivity (Wildman–Crippen MR) is 88.1 cm³/mol. The van der Waals surface area contributed by atoms with Crippen molar-refractivity contribution in [2.24, 2.45) is 0 Å². The van der Waals surface area contributed by atoms with Crippen LogP contribution in [-0.2, 0) is 4.43 Å². The summed E-state index contributed by atoms with van der Waals surface area (Å²) in [7, 11) is -1.95. The van der Waals surface area contributed by atoms with E-state index in [2.05, 4.69) is 46.5 Å². The van der Waals surface area contributed by atoms with Crippen LogP contribution in [0.3, 0.4) is 0 Å². The maximum absolute atomic E-state index is 6.33. The molecule has 0 aliphatic carbocycles. The molecule has 1 heterocycles. The summed E-state index contributed by atoms with van der Waals surface area (Å²) in [6, 6.07) is 0. The first kappa shape index (κ1) is 16.7. The van der Waals surface area contributed by atoms with Crippen LogP contribution >= 0.6 is 22.9 Å². The van der Waals surface area contributed by atoms with Crippen molar-refractivity contribution < 1.29 is 4.43 Å². The monoisotopic (exact) mass is 317 g/mol. The van der Waals surface area contributed by atoms with Gasteiger partial charge in [-0.1, -0.05) is 41.5 Å². The molecular formula is C14H24ClNOSSi. The predicted octanol–water partition coefficient (Wildman–Crippen LogP) is 5.87. The molecular weight excluding hydrogens is 294 g/mol. The van der Waals surface area contributed by atoms with E-state index in [1.54, 1.807) is 17.5 Å². The maximum Gasteiger partial charge on any atom is 0.259 e. The van der Waals surface area contributed by atoms with Crippen molar-refractivity contribution in [3.8, 4) is 0 Å². The van der Waals surface area contributed by atoms with Crippen molar-refractivity contribution in [2.45, 2.75) is 58.2 Å². The summed E-state index contributed by atoms with van der Waals surface area (Å²) in [5.74, 6) is 0. The Morgan fingerprint density at radius 2 is 1.74 bits per heavy atom. The lowest BCUT2D eigenvalue weighted by atomic mass is 10.5. The molecule has 0 spiro atoms. The molecule has 1 rings (SSSR count). The molecule has 0 saturated carbocycles. The molecule has 108 valence electrons. The second-order valence-corrected chi connectivity index (χ2v) is 12.4. The number of nitrogens with zero attached hydrogens (tertiary/aromatic N) is 1. The van der Waals surface area contributed by atoms with Crippen LogP contribution in [0.25, 0.3) is 6.08 Å². The summed E-state index contributed by atoms with van der Waals surface area (Å²) in [5, 5.41) is 3.32. The van der Waals surface area contributed by atoms with Gasteiger partial charge in [0.2, 0.25) is 0 Å². The lowest BCUT2D eigenvalue weighted by molar-refractivity contribution is 0.404. The van der Waals surface area contributed by atoms with Gasteiger partial charge in [0.05, 0.1) is 0 Å². The molecule has 2 nitrogen and oxygen atoms in total. The van der Waals surface area contributed by atoms with Crippen molar-refractivity contribution in [3.63, 3.8) is 0 Å². The summed E-state index contributed by atoms with van der Waals surface area (Å²) < 4.78 is 6.33. The highest BCUT2D eigenvalue weighted by atomic mass is 35.5. The fourth-order valence-electron chi connectivity index (χ4n) is 2.95. The molecule has 19 heavy (non-hydrogen) atoms. The first-order valence-electron chi connectivity index (χ1n) is 6.76. The lowest BCUT2D eigenvalue weighted by Gasteiger charge is -2.41. The third-order valence-corrected chi connectivity index (χ3v) is 10.7. The second-order valence-electron chi connectivity index (χ2n) is 5.74. The molecule has 0 aliphatic heterocycles. The van der Waals surface area contributed by atoms with Gasteiger partial charge in [-0.05, 0) is 28.2 Å². The average Bonchev–Trinajstić information content (AvgIpc) is 2.76. The number of thiazole rings is 1. The second kappa shape index (κ2) is 6.91. The van der Waals surface area contributed by atoms with Crippen LogP contribution in [0.2, 0.25) is 16.6 Å². The molecule has 0 saturated heterocycles. The van der Waals surface area contributed by atoms with Gasteiger partial charge in [0, 0.05) is 17.7 Å². The highest BCUT2D eigenvalue weighted by molar-refractivity contribution is 7.10. The van der Waals surface area contributed by atoms with Crippen molar-refractivity contribution in [1.82, 2.24) is 4.98 Å². The van der Waals surface area contributed by atoms with Gasteiger partial charge in [0.15, 0.2) is 5.22 Å². The summed E-state index contributed by atoms with van der Waals surface area (Å²) >= 11 is 7.89. The van der Waals surface area contributed by atoms with Gasteiger partial charge in [0.1, 0.15) is 5.01 Å². The molecule has 1 aromatic rings. The van der Waals surface area contributed by atoms with Crippen LogP contribution < -0.4 is 0 Å². The minimum absolute atomic E-state index is 0.484. The number of rotatable bonds is 6. The molecule has 0 radical (unpaired) electrons.